The number of Topliss-reactive ketones (excluding diaryl/α,β-unsaturated/α-hetero) is 1. The molecule has 0 saturated heterocycles. The predicted molar refractivity (Wildman–Crippen MR) is 141 cm³/mol. The first kappa shape index (κ1) is 26.8. The van der Waals surface area contributed by atoms with Gasteiger partial charge in [-0.3, -0.25) is 4.79 Å². The summed E-state index contributed by atoms with van der Waals surface area (Å²) in [6.45, 7) is 2.13. The summed E-state index contributed by atoms with van der Waals surface area (Å²) in [6, 6.07) is 11.1. The van der Waals surface area contributed by atoms with E-state index in [0.717, 1.165) is 17.0 Å². The number of ether oxygens (including phenoxy) is 4. The second-order valence-corrected chi connectivity index (χ2v) is 9.80. The number of rotatable bonds is 8. The Labute approximate surface area is 224 Å². The largest absolute Gasteiger partial charge is 0.503 e. The smallest absolute Gasteiger partial charge is 0.336 e. The number of allylic oxidation sites excluding steroid dienone is 3. The zero-order valence-electron chi connectivity index (χ0n) is 21.2. The van der Waals surface area contributed by atoms with Crippen LogP contribution in [0.5, 0.6) is 17.2 Å². The zero-order chi connectivity index (χ0) is 26.7. The first-order valence-electron chi connectivity index (χ1n) is 11.9. The molecule has 0 bridgehead atoms. The fraction of sp³-hybridized carbons (Fsp3) is 0.357. The van der Waals surface area contributed by atoms with Gasteiger partial charge in [0.05, 0.1) is 30.9 Å². The third kappa shape index (κ3) is 5.24. The lowest BCUT2D eigenvalue weighted by atomic mass is 9.71. The number of ketones is 1. The SMILES string of the molecule is COCCOC(=O)C1=C(C)NC2=C(C(=O)C[C@@H](c3ccccc3OC)C2)[C@@H]1c1cc(Br)c(O)c(OC)c1. The molecule has 0 spiro atoms. The van der Waals surface area contributed by atoms with E-state index in [1.165, 1.54) is 14.2 Å². The Morgan fingerprint density at radius 2 is 1.81 bits per heavy atom. The van der Waals surface area contributed by atoms with Crippen LogP contribution in [0.1, 0.15) is 42.7 Å². The highest BCUT2D eigenvalue weighted by Gasteiger charge is 2.42. The van der Waals surface area contributed by atoms with Crippen molar-refractivity contribution >= 4 is 27.7 Å². The molecule has 2 N–H and O–H groups in total. The molecule has 0 aromatic heterocycles. The van der Waals surface area contributed by atoms with Gasteiger partial charge in [-0.2, -0.15) is 0 Å². The van der Waals surface area contributed by atoms with E-state index in [-0.39, 0.29) is 42.8 Å². The quantitative estimate of drug-likeness (QED) is 0.346. The highest BCUT2D eigenvalue weighted by molar-refractivity contribution is 9.10. The normalized spacial score (nSPS) is 19.3. The van der Waals surface area contributed by atoms with E-state index in [1.807, 2.05) is 24.3 Å². The minimum Gasteiger partial charge on any atom is -0.503 e. The number of methoxy groups -OCH3 is 3. The van der Waals surface area contributed by atoms with E-state index in [2.05, 4.69) is 21.2 Å². The number of halogens is 1. The fourth-order valence-electron chi connectivity index (χ4n) is 5.08. The summed E-state index contributed by atoms with van der Waals surface area (Å²) < 4.78 is 21.8. The number of esters is 1. The highest BCUT2D eigenvalue weighted by atomic mass is 79.9. The van der Waals surface area contributed by atoms with Crippen LogP contribution >= 0.6 is 15.9 Å². The number of phenols is 1. The summed E-state index contributed by atoms with van der Waals surface area (Å²) in [5.74, 6) is -0.508. The number of aromatic hydroxyl groups is 1. The molecule has 1 aliphatic carbocycles. The van der Waals surface area contributed by atoms with Crippen molar-refractivity contribution in [3.05, 3.63) is 74.5 Å². The average molecular weight is 572 g/mol. The number of benzene rings is 2. The molecule has 0 radical (unpaired) electrons. The van der Waals surface area contributed by atoms with Crippen molar-refractivity contribution in [3.63, 3.8) is 0 Å². The predicted octanol–water partition coefficient (Wildman–Crippen LogP) is 4.72. The molecule has 8 nitrogen and oxygen atoms in total. The average Bonchev–Trinajstić information content (AvgIpc) is 2.89. The molecule has 0 saturated carbocycles. The summed E-state index contributed by atoms with van der Waals surface area (Å²) >= 11 is 3.38. The van der Waals surface area contributed by atoms with Crippen molar-refractivity contribution in [1.29, 1.82) is 0 Å². The number of hydrogen-bond donors (Lipinski definition) is 2. The van der Waals surface area contributed by atoms with Gasteiger partial charge >= 0.3 is 5.97 Å². The molecule has 2 atom stereocenters. The lowest BCUT2D eigenvalue weighted by Crippen LogP contribution is -2.36. The Balaban J connectivity index is 1.82. The van der Waals surface area contributed by atoms with Crippen molar-refractivity contribution in [2.45, 2.75) is 31.6 Å². The Morgan fingerprint density at radius 3 is 2.51 bits per heavy atom. The number of phenolic OH excluding ortho intramolecular Hbond substituents is 1. The molecule has 2 aromatic carbocycles. The lowest BCUT2D eigenvalue weighted by Gasteiger charge is -2.37. The second-order valence-electron chi connectivity index (χ2n) is 8.94. The summed E-state index contributed by atoms with van der Waals surface area (Å²) in [5.41, 5.74) is 3.78. The van der Waals surface area contributed by atoms with Gasteiger partial charge in [-0.1, -0.05) is 18.2 Å². The van der Waals surface area contributed by atoms with Gasteiger partial charge in [-0.05, 0) is 58.6 Å². The van der Waals surface area contributed by atoms with Crippen LogP contribution < -0.4 is 14.8 Å². The van der Waals surface area contributed by atoms with E-state index in [4.69, 9.17) is 18.9 Å². The standard InChI is InChI=1S/C28H30BrNO7/c1-15-24(28(33)37-10-9-34-2)25(17-11-19(29)27(32)23(14-17)36-4)26-20(30-15)12-16(13-21(26)31)18-7-5-6-8-22(18)35-3/h5-8,11,14,16,25,30,32H,9-10,12-13H2,1-4H3/t16-,25+/m0/s1. The molecular weight excluding hydrogens is 542 g/mol. The van der Waals surface area contributed by atoms with Crippen LogP contribution in [0.2, 0.25) is 0 Å². The number of carbonyl (C=O) groups is 2. The summed E-state index contributed by atoms with van der Waals surface area (Å²) in [5, 5.41) is 13.7. The van der Waals surface area contributed by atoms with Gasteiger partial charge < -0.3 is 29.4 Å². The van der Waals surface area contributed by atoms with Crippen LogP contribution in [0, 0.1) is 0 Å². The van der Waals surface area contributed by atoms with Gasteiger partial charge in [-0.25, -0.2) is 4.79 Å². The third-order valence-electron chi connectivity index (χ3n) is 6.75. The van der Waals surface area contributed by atoms with Crippen molar-refractivity contribution in [3.8, 4) is 17.2 Å². The van der Waals surface area contributed by atoms with Gasteiger partial charge in [0.15, 0.2) is 17.3 Å². The molecule has 0 unspecified atom stereocenters. The molecule has 9 heteroatoms. The van der Waals surface area contributed by atoms with E-state index in [0.29, 0.717) is 33.3 Å². The maximum atomic E-state index is 13.8. The summed E-state index contributed by atoms with van der Waals surface area (Å²) in [7, 11) is 4.59. The molecule has 0 fully saturated rings. The topological polar surface area (TPSA) is 103 Å². The number of carbonyl (C=O) groups excluding carboxylic acids is 2. The Hall–Kier alpha value is -3.30. The van der Waals surface area contributed by atoms with Crippen LogP contribution in [-0.2, 0) is 19.1 Å². The van der Waals surface area contributed by atoms with E-state index in [1.54, 1.807) is 26.2 Å². The van der Waals surface area contributed by atoms with Gasteiger partial charge in [0, 0.05) is 42.3 Å². The molecule has 1 heterocycles. The van der Waals surface area contributed by atoms with Gasteiger partial charge in [-0.15, -0.1) is 0 Å². The van der Waals surface area contributed by atoms with E-state index >= 15 is 0 Å². The third-order valence-corrected chi connectivity index (χ3v) is 7.36. The number of dihydropyridines is 1. The molecule has 1 aliphatic heterocycles. The molecule has 4 rings (SSSR count). The van der Waals surface area contributed by atoms with Gasteiger partial charge in [0.1, 0.15) is 12.4 Å². The first-order valence-corrected chi connectivity index (χ1v) is 12.7. The van der Waals surface area contributed by atoms with Gasteiger partial charge in [0.2, 0.25) is 0 Å². The Bertz CT molecular complexity index is 1280. The number of para-hydroxylation sites is 1. The monoisotopic (exact) mass is 571 g/mol. The first-order chi connectivity index (χ1) is 17.8. The zero-order valence-corrected chi connectivity index (χ0v) is 22.8. The number of nitrogens with one attached hydrogen (secondary N) is 1. The van der Waals surface area contributed by atoms with Crippen molar-refractivity contribution in [2.24, 2.45) is 0 Å². The lowest BCUT2D eigenvalue weighted by molar-refractivity contribution is -0.140. The maximum Gasteiger partial charge on any atom is 0.336 e. The molecule has 196 valence electrons. The Morgan fingerprint density at radius 1 is 1.08 bits per heavy atom. The number of hydrogen-bond acceptors (Lipinski definition) is 8. The second kappa shape index (κ2) is 11.4. The van der Waals surface area contributed by atoms with Crippen molar-refractivity contribution in [2.75, 3.05) is 34.5 Å². The molecule has 2 aliphatic rings. The van der Waals surface area contributed by atoms with Crippen LogP contribution in [-0.4, -0.2) is 51.4 Å². The van der Waals surface area contributed by atoms with E-state index in [9.17, 15) is 14.7 Å². The minimum absolute atomic E-state index is 0.0643. The fourth-order valence-corrected chi connectivity index (χ4v) is 5.54. The Kier molecular flexibility index (Phi) is 8.24. The molecule has 37 heavy (non-hydrogen) atoms. The van der Waals surface area contributed by atoms with Crippen LogP contribution in [0.25, 0.3) is 0 Å². The van der Waals surface area contributed by atoms with Crippen molar-refractivity contribution < 1.29 is 33.6 Å². The van der Waals surface area contributed by atoms with Gasteiger partial charge in [0.25, 0.3) is 0 Å². The van der Waals surface area contributed by atoms with Crippen molar-refractivity contribution in [1.82, 2.24) is 5.32 Å². The highest BCUT2D eigenvalue weighted by Crippen LogP contribution is 2.49. The molecule has 0 amide bonds. The van der Waals surface area contributed by atoms with Crippen LogP contribution in [0.15, 0.2) is 63.4 Å². The minimum atomic E-state index is -0.705. The van der Waals surface area contributed by atoms with E-state index < -0.39 is 11.9 Å². The molecule has 2 aromatic rings. The summed E-state index contributed by atoms with van der Waals surface area (Å²) in [4.78, 5) is 27.1. The van der Waals surface area contributed by atoms with Crippen LogP contribution in [0.3, 0.4) is 0 Å². The maximum absolute atomic E-state index is 13.8. The summed E-state index contributed by atoms with van der Waals surface area (Å²) in [6.07, 6.45) is 0.830. The molecular formula is C28H30BrNO7. The van der Waals surface area contributed by atoms with Crippen LogP contribution in [0.4, 0.5) is 0 Å².